The number of pyridine rings is 1. The van der Waals surface area contributed by atoms with Crippen LogP contribution in [0.25, 0.3) is 11.6 Å². The van der Waals surface area contributed by atoms with E-state index < -0.39 is 60.3 Å². The Morgan fingerprint density at radius 3 is 2.49 bits per heavy atom. The minimum atomic E-state index is -4.97. The average Bonchev–Trinajstić information content (AvgIpc) is 3.30. The lowest BCUT2D eigenvalue weighted by Crippen LogP contribution is -2.45. The summed E-state index contributed by atoms with van der Waals surface area (Å²) in [6.07, 6.45) is -8.08. The number of allylic oxidation sites excluding steroid dienone is 1. The Labute approximate surface area is 215 Å². The fourth-order valence-electron chi connectivity index (χ4n) is 3.69. The van der Waals surface area contributed by atoms with E-state index in [0.717, 1.165) is 0 Å². The summed E-state index contributed by atoms with van der Waals surface area (Å²) in [5, 5.41) is 7.28. The molecular weight excluding hydrogens is 572 g/mol. The molecule has 3 heterocycles. The summed E-state index contributed by atoms with van der Waals surface area (Å²) in [4.78, 5) is 3.89. The van der Waals surface area contributed by atoms with Crippen molar-refractivity contribution in [1.82, 2.24) is 15.2 Å². The highest BCUT2D eigenvalue weighted by Gasteiger charge is 2.61. The Kier molecular flexibility index (Phi) is 7.65. The summed E-state index contributed by atoms with van der Waals surface area (Å²) >= 11 is 2.99. The standard InChI is InChI=1S/C24H20BrF6N3O3/c1-14-8-4-3-7-11-22(24(29,30)31,35-13-15-9-5-2-6-10-15)21-34-33-20(37-21)18-17(25)12-16(23(26,27)28)19(32-18)36-14/h2-6,9-10,12,14H,7-8,11,13H2,1H3/b4-3-/t14-,22-/m1/s1. The summed E-state index contributed by atoms with van der Waals surface area (Å²) in [6, 6.07) is 8.96. The van der Waals surface area contributed by atoms with Gasteiger partial charge in [0, 0.05) is 10.9 Å². The van der Waals surface area contributed by atoms with Gasteiger partial charge in [-0.3, -0.25) is 0 Å². The highest BCUT2D eigenvalue weighted by molar-refractivity contribution is 9.10. The Balaban J connectivity index is 1.85. The van der Waals surface area contributed by atoms with E-state index in [1.807, 2.05) is 0 Å². The fourth-order valence-corrected chi connectivity index (χ4v) is 4.18. The molecule has 1 aromatic carbocycles. The molecule has 0 N–H and O–H groups in total. The molecule has 1 aliphatic rings. The molecule has 0 aliphatic carbocycles. The Bertz CT molecular complexity index is 1260. The van der Waals surface area contributed by atoms with E-state index in [0.29, 0.717) is 11.6 Å². The van der Waals surface area contributed by atoms with Crippen LogP contribution in [0.4, 0.5) is 26.3 Å². The van der Waals surface area contributed by atoms with Crippen LogP contribution in [-0.2, 0) is 23.1 Å². The number of hydrogen-bond acceptors (Lipinski definition) is 6. The van der Waals surface area contributed by atoms with Crippen LogP contribution >= 0.6 is 15.9 Å². The van der Waals surface area contributed by atoms with Gasteiger partial charge in [0.25, 0.3) is 11.8 Å². The summed E-state index contributed by atoms with van der Waals surface area (Å²) in [7, 11) is 0. The smallest absolute Gasteiger partial charge is 0.426 e. The lowest BCUT2D eigenvalue weighted by atomic mass is 9.95. The van der Waals surface area contributed by atoms with Crippen molar-refractivity contribution in [3.8, 4) is 17.5 Å². The normalized spacial score (nSPS) is 21.7. The van der Waals surface area contributed by atoms with Gasteiger partial charge in [0.15, 0.2) is 0 Å². The van der Waals surface area contributed by atoms with Crippen LogP contribution in [0.15, 0.2) is 57.4 Å². The molecule has 0 radical (unpaired) electrons. The predicted molar refractivity (Wildman–Crippen MR) is 122 cm³/mol. The quantitative estimate of drug-likeness (QED) is 0.233. The van der Waals surface area contributed by atoms with Crippen molar-refractivity contribution in [3.05, 3.63) is 70.0 Å². The first-order chi connectivity index (χ1) is 17.4. The highest BCUT2D eigenvalue weighted by atomic mass is 79.9. The minimum Gasteiger partial charge on any atom is -0.474 e. The van der Waals surface area contributed by atoms with Crippen LogP contribution in [0.2, 0.25) is 0 Å². The molecule has 2 aromatic heterocycles. The maximum atomic E-state index is 14.6. The van der Waals surface area contributed by atoms with Crippen LogP contribution < -0.4 is 4.74 Å². The third-order valence-electron chi connectivity index (χ3n) is 5.62. The maximum absolute atomic E-state index is 14.6. The minimum absolute atomic E-state index is 0.0974. The van der Waals surface area contributed by atoms with E-state index in [2.05, 4.69) is 31.1 Å². The second kappa shape index (κ2) is 10.4. The number of rotatable bonds is 3. The second-order valence-corrected chi connectivity index (χ2v) is 9.21. The molecule has 4 bridgehead atoms. The topological polar surface area (TPSA) is 70.3 Å². The molecule has 37 heavy (non-hydrogen) atoms. The molecule has 0 amide bonds. The molecule has 0 spiro atoms. The molecule has 0 fully saturated rings. The number of alkyl halides is 6. The van der Waals surface area contributed by atoms with E-state index in [4.69, 9.17) is 13.9 Å². The third-order valence-corrected chi connectivity index (χ3v) is 6.22. The molecule has 0 unspecified atom stereocenters. The van der Waals surface area contributed by atoms with Gasteiger partial charge in [0.05, 0.1) is 6.61 Å². The van der Waals surface area contributed by atoms with Gasteiger partial charge in [-0.1, -0.05) is 42.5 Å². The Morgan fingerprint density at radius 1 is 1.08 bits per heavy atom. The van der Waals surface area contributed by atoms with Gasteiger partial charge < -0.3 is 13.9 Å². The molecule has 0 saturated carbocycles. The van der Waals surface area contributed by atoms with E-state index >= 15 is 0 Å². The first-order valence-electron chi connectivity index (χ1n) is 11.1. The third kappa shape index (κ3) is 5.82. The Morgan fingerprint density at radius 2 is 1.81 bits per heavy atom. The zero-order valence-corrected chi connectivity index (χ0v) is 20.8. The monoisotopic (exact) mass is 591 g/mol. The maximum Gasteiger partial charge on any atom is 0.426 e. The van der Waals surface area contributed by atoms with Crippen LogP contribution in [0.1, 0.15) is 43.2 Å². The number of nitrogens with zero attached hydrogens (tertiary/aromatic N) is 3. The summed E-state index contributed by atoms with van der Waals surface area (Å²) in [5.74, 6) is -2.18. The SMILES string of the molecule is C[C@@H]1C/C=C\CC[C@](OCc2ccccc2)(C(F)(F)F)c2nnc(o2)-c2nc(c(C(F)(F)F)cc2Br)O1. The zero-order valence-electron chi connectivity index (χ0n) is 19.2. The molecule has 198 valence electrons. The number of ether oxygens (including phenoxy) is 2. The fraction of sp³-hybridized carbons (Fsp3) is 0.375. The van der Waals surface area contributed by atoms with E-state index in [1.54, 1.807) is 30.3 Å². The highest BCUT2D eigenvalue weighted by Crippen LogP contribution is 2.47. The lowest BCUT2D eigenvalue weighted by molar-refractivity contribution is -0.299. The van der Waals surface area contributed by atoms with Crippen molar-refractivity contribution in [1.29, 1.82) is 0 Å². The molecule has 4 rings (SSSR count). The molecule has 6 nitrogen and oxygen atoms in total. The van der Waals surface area contributed by atoms with Gasteiger partial charge in [-0.25, -0.2) is 4.98 Å². The summed E-state index contributed by atoms with van der Waals surface area (Å²) in [6.45, 7) is 1.12. The molecule has 1 aliphatic heterocycles. The molecule has 2 atom stereocenters. The van der Waals surface area contributed by atoms with E-state index in [9.17, 15) is 26.3 Å². The lowest BCUT2D eigenvalue weighted by Gasteiger charge is -2.32. The van der Waals surface area contributed by atoms with Crippen LogP contribution in [-0.4, -0.2) is 27.5 Å². The van der Waals surface area contributed by atoms with Crippen LogP contribution in [0, 0.1) is 0 Å². The van der Waals surface area contributed by atoms with Crippen molar-refractivity contribution in [2.24, 2.45) is 0 Å². The number of aromatic nitrogens is 3. The van der Waals surface area contributed by atoms with Gasteiger partial charge >= 0.3 is 12.4 Å². The largest absolute Gasteiger partial charge is 0.474 e. The number of fused-ring (bicyclic) bond motifs is 5. The summed E-state index contributed by atoms with van der Waals surface area (Å²) in [5.41, 5.74) is -3.96. The van der Waals surface area contributed by atoms with Crippen molar-refractivity contribution < 1.29 is 40.2 Å². The van der Waals surface area contributed by atoms with E-state index in [1.165, 1.54) is 19.1 Å². The number of benzene rings is 1. The van der Waals surface area contributed by atoms with Crippen molar-refractivity contribution in [2.45, 2.75) is 56.9 Å². The average molecular weight is 592 g/mol. The van der Waals surface area contributed by atoms with Gasteiger partial charge in [-0.15, -0.1) is 10.2 Å². The van der Waals surface area contributed by atoms with Gasteiger partial charge in [0.1, 0.15) is 17.4 Å². The first kappa shape index (κ1) is 27.1. The molecule has 13 heteroatoms. The molecule has 0 saturated heterocycles. The predicted octanol–water partition coefficient (Wildman–Crippen LogP) is 7.39. The number of halogens is 7. The van der Waals surface area contributed by atoms with E-state index in [-0.39, 0.29) is 23.0 Å². The second-order valence-electron chi connectivity index (χ2n) is 8.35. The van der Waals surface area contributed by atoms with Gasteiger partial charge in [0.2, 0.25) is 11.5 Å². The van der Waals surface area contributed by atoms with Crippen molar-refractivity contribution in [2.75, 3.05) is 0 Å². The Hall–Kier alpha value is -2.93. The summed E-state index contributed by atoms with van der Waals surface area (Å²) < 4.78 is 101. The van der Waals surface area contributed by atoms with Gasteiger partial charge in [-0.05, 0) is 47.3 Å². The first-order valence-corrected chi connectivity index (χ1v) is 11.9. The van der Waals surface area contributed by atoms with Gasteiger partial charge in [-0.2, -0.15) is 26.3 Å². The zero-order chi connectivity index (χ0) is 26.8. The molecule has 3 aromatic rings. The number of hydrogen-bond donors (Lipinski definition) is 0. The van der Waals surface area contributed by atoms with Crippen molar-refractivity contribution >= 4 is 15.9 Å². The molecular formula is C24H20BrF6N3O3. The van der Waals surface area contributed by atoms with Crippen molar-refractivity contribution in [3.63, 3.8) is 0 Å². The van der Waals surface area contributed by atoms with Crippen LogP contribution in [0.5, 0.6) is 5.88 Å². The van der Waals surface area contributed by atoms with Crippen LogP contribution in [0.3, 0.4) is 0 Å².